The van der Waals surface area contributed by atoms with E-state index in [0.29, 0.717) is 17.0 Å². The third kappa shape index (κ3) is 4.45. The van der Waals surface area contributed by atoms with E-state index in [4.69, 9.17) is 10.6 Å². The number of aliphatic carboxylic acids is 1. The Labute approximate surface area is 196 Å². The predicted octanol–water partition coefficient (Wildman–Crippen LogP) is 0.966. The van der Waals surface area contributed by atoms with Crippen LogP contribution >= 0.6 is 23.1 Å². The van der Waals surface area contributed by atoms with Crippen molar-refractivity contribution in [2.75, 3.05) is 11.5 Å². The van der Waals surface area contributed by atoms with Gasteiger partial charge in [0, 0.05) is 17.3 Å². The molecule has 4 heterocycles. The molecule has 0 spiro atoms. The van der Waals surface area contributed by atoms with Crippen LogP contribution in [0.4, 0.5) is 5.13 Å². The second-order valence-electron chi connectivity index (χ2n) is 6.85. The molecule has 2 aliphatic rings. The van der Waals surface area contributed by atoms with Crippen molar-refractivity contribution in [2.24, 2.45) is 5.16 Å². The van der Waals surface area contributed by atoms with Crippen LogP contribution in [0.3, 0.4) is 0 Å². The van der Waals surface area contributed by atoms with Gasteiger partial charge in [0.1, 0.15) is 22.8 Å². The number of hydrogen-bond acceptors (Lipinski definition) is 10. The van der Waals surface area contributed by atoms with Gasteiger partial charge in [-0.05, 0) is 17.7 Å². The molecule has 2 aromatic heterocycles. The highest BCUT2D eigenvalue weighted by molar-refractivity contribution is 8.00. The Morgan fingerprint density at radius 1 is 1.45 bits per heavy atom. The number of thiazole rings is 1. The SMILES string of the molecule is C=CC1=C(C(=O)O)N2C(=O)C(NC(=O)C(=NOCc3ccccn3)c3csc(N)n3)[C@H]2SC1. The molecule has 0 saturated carbocycles. The number of rotatable bonds is 8. The van der Waals surface area contributed by atoms with Crippen molar-refractivity contribution in [3.63, 3.8) is 0 Å². The van der Waals surface area contributed by atoms with Crippen molar-refractivity contribution in [3.05, 3.63) is 65.1 Å². The first-order chi connectivity index (χ1) is 15.9. The third-order valence-electron chi connectivity index (χ3n) is 4.81. The number of thioether (sulfide) groups is 1. The summed E-state index contributed by atoms with van der Waals surface area (Å²) in [5, 5.41) is 17.3. The Balaban J connectivity index is 1.51. The number of carboxylic acids is 1. The number of aromatic nitrogens is 2. The van der Waals surface area contributed by atoms with E-state index in [1.807, 2.05) is 0 Å². The quantitative estimate of drug-likeness (QED) is 0.280. The number of nitrogen functional groups attached to an aromatic ring is 1. The van der Waals surface area contributed by atoms with Crippen molar-refractivity contribution in [3.8, 4) is 0 Å². The van der Waals surface area contributed by atoms with Crippen LogP contribution in [-0.4, -0.2) is 60.6 Å². The maximum Gasteiger partial charge on any atom is 0.352 e. The average Bonchev–Trinajstić information content (AvgIpc) is 3.25. The van der Waals surface area contributed by atoms with E-state index in [0.717, 1.165) is 16.2 Å². The van der Waals surface area contributed by atoms with Gasteiger partial charge in [-0.25, -0.2) is 9.78 Å². The van der Waals surface area contributed by atoms with Crippen molar-refractivity contribution in [1.29, 1.82) is 0 Å². The number of β-lactam (4-membered cyclic amide) rings is 1. The lowest BCUT2D eigenvalue weighted by atomic mass is 10.0. The fourth-order valence-corrected chi connectivity index (χ4v) is 5.14. The topological polar surface area (TPSA) is 160 Å². The number of hydrogen-bond donors (Lipinski definition) is 3. The van der Waals surface area contributed by atoms with Crippen LogP contribution in [0, 0.1) is 0 Å². The fraction of sp³-hybridized carbons (Fsp3) is 0.200. The molecule has 11 nitrogen and oxygen atoms in total. The minimum absolute atomic E-state index is 0.0168. The summed E-state index contributed by atoms with van der Waals surface area (Å²) in [4.78, 5) is 52.1. The van der Waals surface area contributed by atoms with E-state index in [9.17, 15) is 19.5 Å². The Bertz CT molecular complexity index is 1180. The summed E-state index contributed by atoms with van der Waals surface area (Å²) in [6, 6.07) is 4.36. The fourth-order valence-electron chi connectivity index (χ4n) is 3.26. The summed E-state index contributed by atoms with van der Waals surface area (Å²) in [6.45, 7) is 3.63. The first-order valence-electron chi connectivity index (χ1n) is 9.56. The van der Waals surface area contributed by atoms with Gasteiger partial charge in [-0.15, -0.1) is 23.1 Å². The number of carbonyl (C=O) groups excluding carboxylic acids is 2. The zero-order valence-electron chi connectivity index (χ0n) is 17.0. The zero-order chi connectivity index (χ0) is 23.5. The molecule has 1 fully saturated rings. The van der Waals surface area contributed by atoms with Gasteiger partial charge < -0.3 is 21.0 Å². The molecule has 4 rings (SSSR count). The van der Waals surface area contributed by atoms with Crippen molar-refractivity contribution >= 4 is 51.7 Å². The van der Waals surface area contributed by atoms with Crippen LogP contribution in [0.15, 0.2) is 58.9 Å². The Morgan fingerprint density at radius 3 is 2.91 bits per heavy atom. The number of nitrogens with one attached hydrogen (secondary N) is 1. The molecule has 2 aromatic rings. The van der Waals surface area contributed by atoms with Crippen LogP contribution in [0.5, 0.6) is 0 Å². The number of amides is 2. The largest absolute Gasteiger partial charge is 0.477 e. The second-order valence-corrected chi connectivity index (χ2v) is 8.84. The number of carboxylic acid groups (broad SMARTS) is 1. The van der Waals surface area contributed by atoms with Crippen LogP contribution < -0.4 is 11.1 Å². The number of oxime groups is 1. The highest BCUT2D eigenvalue weighted by Crippen LogP contribution is 2.40. The number of anilines is 1. The molecule has 13 heteroatoms. The Hall–Kier alpha value is -3.71. The molecule has 33 heavy (non-hydrogen) atoms. The van der Waals surface area contributed by atoms with Crippen molar-refractivity contribution in [2.45, 2.75) is 18.0 Å². The lowest BCUT2D eigenvalue weighted by molar-refractivity contribution is -0.150. The van der Waals surface area contributed by atoms with Gasteiger partial charge in [-0.3, -0.25) is 19.5 Å². The van der Waals surface area contributed by atoms with Crippen molar-refractivity contribution < 1.29 is 24.3 Å². The minimum atomic E-state index is -1.23. The highest BCUT2D eigenvalue weighted by Gasteiger charge is 2.54. The van der Waals surface area contributed by atoms with E-state index in [1.165, 1.54) is 17.8 Å². The number of fused-ring (bicyclic) bond motifs is 1. The lowest BCUT2D eigenvalue weighted by Crippen LogP contribution is -2.71. The summed E-state index contributed by atoms with van der Waals surface area (Å²) >= 11 is 2.45. The molecule has 0 aromatic carbocycles. The van der Waals surface area contributed by atoms with Gasteiger partial charge in [0.15, 0.2) is 17.5 Å². The van der Waals surface area contributed by atoms with Crippen LogP contribution in [-0.2, 0) is 25.8 Å². The molecule has 2 amide bonds. The maximum atomic E-state index is 13.0. The number of nitrogens with zero attached hydrogens (tertiary/aromatic N) is 4. The number of carbonyl (C=O) groups is 3. The van der Waals surface area contributed by atoms with Gasteiger partial charge in [-0.1, -0.05) is 23.9 Å². The van der Waals surface area contributed by atoms with E-state index >= 15 is 0 Å². The Kier molecular flexibility index (Phi) is 6.42. The van der Waals surface area contributed by atoms with E-state index < -0.39 is 29.2 Å². The van der Waals surface area contributed by atoms with E-state index in [2.05, 4.69) is 27.0 Å². The van der Waals surface area contributed by atoms with Gasteiger partial charge in [0.2, 0.25) is 0 Å². The predicted molar refractivity (Wildman–Crippen MR) is 122 cm³/mol. The standard InChI is InChI=1S/C20H18N6O5S2/c1-2-10-8-32-18-14(17(28)26(18)15(10)19(29)30)24-16(27)13(12-9-33-20(21)23-12)25-31-7-11-5-3-4-6-22-11/h2-6,9,14,18H,1,7-8H2,(H2,21,23)(H,24,27)(H,29,30)/t14?,18-/m1/s1. The molecule has 170 valence electrons. The van der Waals surface area contributed by atoms with E-state index in [1.54, 1.807) is 29.8 Å². The number of nitrogens with two attached hydrogens (primary N) is 1. The molecule has 0 radical (unpaired) electrons. The molecule has 1 saturated heterocycles. The third-order valence-corrected chi connectivity index (χ3v) is 6.78. The van der Waals surface area contributed by atoms with Gasteiger partial charge in [0.25, 0.3) is 11.8 Å². The number of allylic oxidation sites excluding steroid dienone is 1. The zero-order valence-corrected chi connectivity index (χ0v) is 18.6. The van der Waals surface area contributed by atoms with Crippen LogP contribution in [0.1, 0.15) is 11.4 Å². The molecular weight excluding hydrogens is 468 g/mol. The normalized spacial score (nSPS) is 20.1. The number of pyridine rings is 1. The average molecular weight is 487 g/mol. The molecule has 0 aliphatic carbocycles. The first kappa shape index (κ1) is 22.5. The first-order valence-corrected chi connectivity index (χ1v) is 11.5. The summed E-state index contributed by atoms with van der Waals surface area (Å²) < 4.78 is 0. The van der Waals surface area contributed by atoms with Crippen LogP contribution in [0.25, 0.3) is 0 Å². The second kappa shape index (κ2) is 9.42. The molecule has 0 bridgehead atoms. The molecule has 2 aliphatic heterocycles. The summed E-state index contributed by atoms with van der Waals surface area (Å²) in [5.41, 5.74) is 6.65. The molecular formula is C20H18N6O5S2. The summed E-state index contributed by atoms with van der Waals surface area (Å²) in [5.74, 6) is -2.11. The Morgan fingerprint density at radius 2 is 2.27 bits per heavy atom. The smallest absolute Gasteiger partial charge is 0.352 e. The van der Waals surface area contributed by atoms with Crippen molar-refractivity contribution in [1.82, 2.24) is 20.2 Å². The molecule has 2 atom stereocenters. The molecule has 1 unspecified atom stereocenters. The lowest BCUT2D eigenvalue weighted by Gasteiger charge is -2.49. The molecule has 4 N–H and O–H groups in total. The monoisotopic (exact) mass is 486 g/mol. The summed E-state index contributed by atoms with van der Waals surface area (Å²) in [6.07, 6.45) is 3.02. The summed E-state index contributed by atoms with van der Waals surface area (Å²) in [7, 11) is 0. The van der Waals surface area contributed by atoms with Gasteiger partial charge >= 0.3 is 5.97 Å². The highest BCUT2D eigenvalue weighted by atomic mass is 32.2. The van der Waals surface area contributed by atoms with Crippen LogP contribution in [0.2, 0.25) is 0 Å². The minimum Gasteiger partial charge on any atom is -0.477 e. The van der Waals surface area contributed by atoms with Gasteiger partial charge in [-0.2, -0.15) is 0 Å². The van der Waals surface area contributed by atoms with E-state index in [-0.39, 0.29) is 28.8 Å². The maximum absolute atomic E-state index is 13.0. The van der Waals surface area contributed by atoms with Gasteiger partial charge in [0.05, 0.1) is 5.69 Å².